The number of benzene rings is 2. The summed E-state index contributed by atoms with van der Waals surface area (Å²) in [5, 5.41) is 0. The zero-order valence-electron chi connectivity index (χ0n) is 16.4. The third kappa shape index (κ3) is 7.06. The molecule has 3 rings (SSSR count). The molecule has 28 heavy (non-hydrogen) atoms. The molecule has 1 fully saturated rings. The number of hydrogen-bond donors (Lipinski definition) is 0. The summed E-state index contributed by atoms with van der Waals surface area (Å²) < 4.78 is 10.8. The number of carbonyl (C=O) groups excluding carboxylic acids is 1. The first-order valence-electron chi connectivity index (χ1n) is 9.64. The van der Waals surface area contributed by atoms with Crippen molar-refractivity contribution < 1.29 is 14.3 Å². The summed E-state index contributed by atoms with van der Waals surface area (Å²) in [6.45, 7) is 7.64. The van der Waals surface area contributed by atoms with E-state index >= 15 is 0 Å². The Morgan fingerprint density at radius 3 is 2.18 bits per heavy atom. The lowest BCUT2D eigenvalue weighted by Gasteiger charge is -2.36. The van der Waals surface area contributed by atoms with Gasteiger partial charge in [-0.3, -0.25) is 9.69 Å². The lowest BCUT2D eigenvalue weighted by atomic mass is 10.2. The first-order valence-corrected chi connectivity index (χ1v) is 9.64. The van der Waals surface area contributed by atoms with Crippen molar-refractivity contribution in [1.82, 2.24) is 4.90 Å². The Labute approximate surface area is 173 Å². The molecule has 0 aliphatic carbocycles. The molecule has 152 valence electrons. The van der Waals surface area contributed by atoms with Gasteiger partial charge in [0.1, 0.15) is 11.5 Å². The number of rotatable bonds is 8. The minimum Gasteiger partial charge on any atom is -0.494 e. The van der Waals surface area contributed by atoms with Gasteiger partial charge in [-0.2, -0.15) is 0 Å². The minimum atomic E-state index is -0.312. The monoisotopic (exact) mass is 404 g/mol. The molecule has 6 heteroatoms. The van der Waals surface area contributed by atoms with Crippen LogP contribution in [0.5, 0.6) is 11.5 Å². The van der Waals surface area contributed by atoms with Gasteiger partial charge >= 0.3 is 5.97 Å². The molecular formula is C22H29ClN2O3. The number of esters is 1. The van der Waals surface area contributed by atoms with Gasteiger partial charge in [-0.25, -0.2) is 0 Å². The fourth-order valence-corrected chi connectivity index (χ4v) is 3.27. The maximum Gasteiger partial charge on any atom is 0.308 e. The summed E-state index contributed by atoms with van der Waals surface area (Å²) in [6.07, 6.45) is 2.17. The standard InChI is InChI=1S/C22H28N2O3.ClH/c1-19(25)27-22-11-9-21(10-12-22)26-18-6-5-13-23-14-16-24(17-15-23)20-7-3-2-4-8-20;/h2-4,7-12H,5-6,13-18H2,1H3;1H. The number of nitrogens with zero attached hydrogens (tertiary/aromatic N) is 2. The van der Waals surface area contributed by atoms with Gasteiger partial charge in [0.15, 0.2) is 0 Å². The SMILES string of the molecule is CC(=O)Oc1ccc(OCCCCN2CCN(c3ccccc3)CC2)cc1.Cl. The highest BCUT2D eigenvalue weighted by atomic mass is 35.5. The molecule has 5 nitrogen and oxygen atoms in total. The van der Waals surface area contributed by atoms with Crippen LogP contribution in [0.25, 0.3) is 0 Å². The largest absolute Gasteiger partial charge is 0.494 e. The third-order valence-corrected chi connectivity index (χ3v) is 4.72. The van der Waals surface area contributed by atoms with E-state index < -0.39 is 0 Å². The molecule has 0 unspecified atom stereocenters. The van der Waals surface area contributed by atoms with Gasteiger partial charge in [-0.15, -0.1) is 12.4 Å². The van der Waals surface area contributed by atoms with E-state index in [-0.39, 0.29) is 18.4 Å². The van der Waals surface area contributed by atoms with Crippen molar-refractivity contribution in [2.24, 2.45) is 0 Å². The summed E-state index contributed by atoms with van der Waals surface area (Å²) in [4.78, 5) is 15.9. The second-order valence-electron chi connectivity index (χ2n) is 6.78. The summed E-state index contributed by atoms with van der Waals surface area (Å²) in [5.41, 5.74) is 1.32. The van der Waals surface area contributed by atoms with E-state index in [1.54, 1.807) is 12.1 Å². The molecule has 2 aromatic rings. The van der Waals surface area contributed by atoms with Crippen LogP contribution in [0.2, 0.25) is 0 Å². The zero-order valence-corrected chi connectivity index (χ0v) is 17.2. The van der Waals surface area contributed by atoms with Crippen LogP contribution in [0, 0.1) is 0 Å². The second-order valence-corrected chi connectivity index (χ2v) is 6.78. The summed E-state index contributed by atoms with van der Waals surface area (Å²) in [7, 11) is 0. The molecule has 1 saturated heterocycles. The van der Waals surface area contributed by atoms with Crippen molar-refractivity contribution in [2.75, 3.05) is 44.2 Å². The van der Waals surface area contributed by atoms with Gasteiger partial charge in [0.05, 0.1) is 6.61 Å². The first-order chi connectivity index (χ1) is 13.2. The number of anilines is 1. The fraction of sp³-hybridized carbons (Fsp3) is 0.409. The van der Waals surface area contributed by atoms with E-state index in [0.717, 1.165) is 51.3 Å². The van der Waals surface area contributed by atoms with Crippen LogP contribution in [-0.2, 0) is 4.79 Å². The smallest absolute Gasteiger partial charge is 0.308 e. The molecule has 0 aromatic heterocycles. The maximum absolute atomic E-state index is 10.9. The van der Waals surface area contributed by atoms with Crippen molar-refractivity contribution in [2.45, 2.75) is 19.8 Å². The normalized spacial score (nSPS) is 14.2. The Hall–Kier alpha value is -2.24. The molecule has 1 aliphatic heterocycles. The molecule has 0 N–H and O–H groups in total. The van der Waals surface area contributed by atoms with Crippen LogP contribution < -0.4 is 14.4 Å². The van der Waals surface area contributed by atoms with Gasteiger partial charge in [0.2, 0.25) is 0 Å². The lowest BCUT2D eigenvalue weighted by molar-refractivity contribution is -0.131. The molecule has 0 bridgehead atoms. The molecule has 0 spiro atoms. The molecule has 0 amide bonds. The molecule has 0 atom stereocenters. The van der Waals surface area contributed by atoms with Crippen LogP contribution in [0.15, 0.2) is 54.6 Å². The molecule has 0 radical (unpaired) electrons. The highest BCUT2D eigenvalue weighted by molar-refractivity contribution is 5.85. The number of piperazine rings is 1. The molecule has 0 saturated carbocycles. The topological polar surface area (TPSA) is 42.0 Å². The third-order valence-electron chi connectivity index (χ3n) is 4.72. The first kappa shape index (κ1) is 22.1. The van der Waals surface area contributed by atoms with Crippen LogP contribution in [0.4, 0.5) is 5.69 Å². The fourth-order valence-electron chi connectivity index (χ4n) is 3.27. The molecule has 1 heterocycles. The van der Waals surface area contributed by atoms with E-state index in [2.05, 4.69) is 40.1 Å². The predicted octanol–water partition coefficient (Wildman–Crippen LogP) is 4.01. The van der Waals surface area contributed by atoms with Crippen LogP contribution >= 0.6 is 12.4 Å². The van der Waals surface area contributed by atoms with Gasteiger partial charge < -0.3 is 14.4 Å². The Morgan fingerprint density at radius 2 is 1.54 bits per heavy atom. The average Bonchev–Trinajstić information content (AvgIpc) is 2.70. The lowest BCUT2D eigenvalue weighted by Crippen LogP contribution is -2.46. The van der Waals surface area contributed by atoms with E-state index in [1.165, 1.54) is 12.6 Å². The Kier molecular flexibility index (Phi) is 9.11. The minimum absolute atomic E-state index is 0. The van der Waals surface area contributed by atoms with E-state index in [9.17, 15) is 4.79 Å². The zero-order chi connectivity index (χ0) is 18.9. The van der Waals surface area contributed by atoms with Crippen molar-refractivity contribution in [3.63, 3.8) is 0 Å². The van der Waals surface area contributed by atoms with Crippen LogP contribution in [0.3, 0.4) is 0 Å². The van der Waals surface area contributed by atoms with E-state index in [0.29, 0.717) is 12.4 Å². The van der Waals surface area contributed by atoms with E-state index in [4.69, 9.17) is 9.47 Å². The number of hydrogen-bond acceptors (Lipinski definition) is 5. The summed E-state index contributed by atoms with van der Waals surface area (Å²) >= 11 is 0. The average molecular weight is 405 g/mol. The Bertz CT molecular complexity index is 701. The van der Waals surface area contributed by atoms with Crippen molar-refractivity contribution in [3.05, 3.63) is 54.6 Å². The predicted molar refractivity (Wildman–Crippen MR) is 115 cm³/mol. The van der Waals surface area contributed by atoms with Gasteiger partial charge in [-0.05, 0) is 55.8 Å². The van der Waals surface area contributed by atoms with E-state index in [1.807, 2.05) is 12.1 Å². The second kappa shape index (κ2) is 11.6. The van der Waals surface area contributed by atoms with Crippen LogP contribution in [-0.4, -0.2) is 50.2 Å². The molecular weight excluding hydrogens is 376 g/mol. The number of para-hydroxylation sites is 1. The molecule has 2 aromatic carbocycles. The number of unbranched alkanes of at least 4 members (excludes halogenated alkanes) is 1. The van der Waals surface area contributed by atoms with Crippen molar-refractivity contribution in [1.29, 1.82) is 0 Å². The Morgan fingerprint density at radius 1 is 0.893 bits per heavy atom. The number of halogens is 1. The van der Waals surface area contributed by atoms with Crippen molar-refractivity contribution >= 4 is 24.1 Å². The highest BCUT2D eigenvalue weighted by Crippen LogP contribution is 2.18. The van der Waals surface area contributed by atoms with Crippen LogP contribution in [0.1, 0.15) is 19.8 Å². The quantitative estimate of drug-likeness (QED) is 0.377. The van der Waals surface area contributed by atoms with Crippen molar-refractivity contribution in [3.8, 4) is 11.5 Å². The van der Waals surface area contributed by atoms with Gasteiger partial charge in [0.25, 0.3) is 0 Å². The number of ether oxygens (including phenoxy) is 2. The maximum atomic E-state index is 10.9. The van der Waals surface area contributed by atoms with Gasteiger partial charge in [-0.1, -0.05) is 18.2 Å². The number of carbonyl (C=O) groups is 1. The summed E-state index contributed by atoms with van der Waals surface area (Å²) in [5.74, 6) is 1.04. The Balaban J connectivity index is 0.00000280. The van der Waals surface area contributed by atoms with Gasteiger partial charge in [0, 0.05) is 38.8 Å². The molecule has 1 aliphatic rings. The summed E-state index contributed by atoms with van der Waals surface area (Å²) in [6, 6.07) is 17.8. The highest BCUT2D eigenvalue weighted by Gasteiger charge is 2.16.